The highest BCUT2D eigenvalue weighted by atomic mass is 35.5. The van der Waals surface area contributed by atoms with E-state index in [1.54, 1.807) is 6.07 Å². The van der Waals surface area contributed by atoms with Gasteiger partial charge in [-0.3, -0.25) is 0 Å². The van der Waals surface area contributed by atoms with E-state index in [0.29, 0.717) is 23.3 Å². The largest absolute Gasteiger partial charge is 0.396 e. The predicted molar refractivity (Wildman–Crippen MR) is 79.7 cm³/mol. The summed E-state index contributed by atoms with van der Waals surface area (Å²) in [7, 11) is 0. The number of hydrogen-bond acceptors (Lipinski definition) is 4. The highest BCUT2D eigenvalue weighted by Crippen LogP contribution is 2.23. The second-order valence-corrected chi connectivity index (χ2v) is 6.54. The molecule has 0 aromatic carbocycles. The van der Waals surface area contributed by atoms with Crippen LogP contribution >= 0.6 is 11.6 Å². The third kappa shape index (κ3) is 4.96. The molecule has 0 aliphatic rings. The van der Waals surface area contributed by atoms with Crippen LogP contribution in [0.5, 0.6) is 0 Å². The fraction of sp³-hybridized carbons (Fsp3) is 0.714. The molecule has 2 N–H and O–H groups in total. The summed E-state index contributed by atoms with van der Waals surface area (Å²) in [6, 6.07) is 1.90. The van der Waals surface area contributed by atoms with E-state index in [0.717, 1.165) is 5.82 Å². The van der Waals surface area contributed by atoms with E-state index in [-0.39, 0.29) is 18.1 Å². The minimum atomic E-state index is -0.147. The fourth-order valence-corrected chi connectivity index (χ4v) is 1.91. The zero-order valence-electron chi connectivity index (χ0n) is 12.4. The summed E-state index contributed by atoms with van der Waals surface area (Å²) in [6.45, 7) is 10.5. The van der Waals surface area contributed by atoms with E-state index in [2.05, 4.69) is 49.9 Å². The highest BCUT2D eigenvalue weighted by Gasteiger charge is 2.20. The number of anilines is 1. The lowest BCUT2D eigenvalue weighted by Crippen LogP contribution is -2.28. The van der Waals surface area contributed by atoms with E-state index in [4.69, 9.17) is 16.7 Å². The maximum atomic E-state index is 9.10. The van der Waals surface area contributed by atoms with Gasteiger partial charge in [-0.2, -0.15) is 0 Å². The monoisotopic (exact) mass is 285 g/mol. The molecule has 0 aliphatic carbocycles. The van der Waals surface area contributed by atoms with E-state index in [9.17, 15) is 0 Å². The molecule has 0 saturated carbocycles. The van der Waals surface area contributed by atoms with Gasteiger partial charge in [-0.1, -0.05) is 46.2 Å². The Hall–Kier alpha value is -0.870. The molecule has 0 saturated heterocycles. The molecule has 0 bridgehead atoms. The van der Waals surface area contributed by atoms with Crippen molar-refractivity contribution in [3.63, 3.8) is 0 Å². The molecule has 5 heteroatoms. The normalized spacial score (nSPS) is 13.7. The lowest BCUT2D eigenvalue weighted by atomic mass is 9.96. The molecule has 0 spiro atoms. The average Bonchev–Trinajstić information content (AvgIpc) is 2.26. The number of hydrogen-bond donors (Lipinski definition) is 2. The lowest BCUT2D eigenvalue weighted by Gasteiger charge is -2.24. The van der Waals surface area contributed by atoms with Crippen molar-refractivity contribution in [2.45, 2.75) is 52.5 Å². The van der Waals surface area contributed by atoms with E-state index in [1.807, 2.05) is 0 Å². The first-order valence-electron chi connectivity index (χ1n) is 6.66. The number of aliphatic hydroxyl groups is 1. The Morgan fingerprint density at radius 3 is 2.42 bits per heavy atom. The van der Waals surface area contributed by atoms with Gasteiger partial charge in [0.2, 0.25) is 0 Å². The van der Waals surface area contributed by atoms with Gasteiger partial charge in [-0.05, 0) is 12.3 Å². The van der Waals surface area contributed by atoms with Crippen LogP contribution in [0.3, 0.4) is 0 Å². The summed E-state index contributed by atoms with van der Waals surface area (Å²) in [5.41, 5.74) is -0.147. The van der Waals surface area contributed by atoms with E-state index >= 15 is 0 Å². The van der Waals surface area contributed by atoms with Crippen LogP contribution in [-0.2, 0) is 5.41 Å². The number of rotatable bonds is 5. The Labute approximate surface area is 120 Å². The van der Waals surface area contributed by atoms with Gasteiger partial charge >= 0.3 is 0 Å². The number of aromatic nitrogens is 2. The number of halogens is 1. The Balaban J connectivity index is 2.97. The quantitative estimate of drug-likeness (QED) is 0.816. The van der Waals surface area contributed by atoms with Gasteiger partial charge < -0.3 is 10.4 Å². The second kappa shape index (κ2) is 6.53. The minimum Gasteiger partial charge on any atom is -0.396 e. The van der Waals surface area contributed by atoms with Gasteiger partial charge in [-0.15, -0.1) is 0 Å². The molecule has 4 nitrogen and oxygen atoms in total. The zero-order valence-corrected chi connectivity index (χ0v) is 13.1. The number of nitrogens with zero attached hydrogens (tertiary/aromatic N) is 2. The summed E-state index contributed by atoms with van der Waals surface area (Å²) in [5, 5.41) is 12.9. The van der Waals surface area contributed by atoms with E-state index < -0.39 is 0 Å². The summed E-state index contributed by atoms with van der Waals surface area (Å²) in [6.07, 6.45) is 0.685. The van der Waals surface area contributed by atoms with E-state index in [1.165, 1.54) is 0 Å². The van der Waals surface area contributed by atoms with Crippen LogP contribution in [0, 0.1) is 5.92 Å². The van der Waals surface area contributed by atoms with Crippen molar-refractivity contribution in [2.24, 2.45) is 5.92 Å². The van der Waals surface area contributed by atoms with Gasteiger partial charge in [0.05, 0.1) is 0 Å². The summed E-state index contributed by atoms with van der Waals surface area (Å²) in [5.74, 6) is 1.84. The lowest BCUT2D eigenvalue weighted by molar-refractivity contribution is 0.267. The first-order chi connectivity index (χ1) is 8.74. The van der Waals surface area contributed by atoms with Crippen molar-refractivity contribution in [3.8, 4) is 0 Å². The Morgan fingerprint density at radius 2 is 1.95 bits per heavy atom. The Kier molecular flexibility index (Phi) is 5.56. The third-order valence-electron chi connectivity index (χ3n) is 2.94. The molecule has 1 unspecified atom stereocenters. The number of nitrogens with one attached hydrogen (secondary N) is 1. The molecule has 1 atom stereocenters. The zero-order chi connectivity index (χ0) is 14.6. The molecule has 0 amide bonds. The summed E-state index contributed by atoms with van der Waals surface area (Å²) < 4.78 is 0. The van der Waals surface area contributed by atoms with Gasteiger partial charge in [0.1, 0.15) is 16.8 Å². The first-order valence-corrected chi connectivity index (χ1v) is 7.04. The summed E-state index contributed by atoms with van der Waals surface area (Å²) >= 11 is 6.06. The van der Waals surface area contributed by atoms with Crippen molar-refractivity contribution >= 4 is 17.4 Å². The Bertz CT molecular complexity index is 416. The van der Waals surface area contributed by atoms with Crippen LogP contribution in [0.15, 0.2) is 6.07 Å². The van der Waals surface area contributed by atoms with Crippen LogP contribution in [0.1, 0.15) is 46.9 Å². The molecule has 108 valence electrons. The fourth-order valence-electron chi connectivity index (χ4n) is 1.73. The van der Waals surface area contributed by atoms with Crippen LogP contribution in [0.2, 0.25) is 5.15 Å². The molecule has 1 rings (SSSR count). The molecule has 1 heterocycles. The first kappa shape index (κ1) is 16.2. The van der Waals surface area contributed by atoms with Gasteiger partial charge in [0.15, 0.2) is 0 Å². The second-order valence-electron chi connectivity index (χ2n) is 6.16. The highest BCUT2D eigenvalue weighted by molar-refractivity contribution is 6.29. The van der Waals surface area contributed by atoms with Gasteiger partial charge in [0.25, 0.3) is 0 Å². The summed E-state index contributed by atoms with van der Waals surface area (Å²) in [4.78, 5) is 8.79. The van der Waals surface area contributed by atoms with Crippen molar-refractivity contribution in [3.05, 3.63) is 17.0 Å². The predicted octanol–water partition coefficient (Wildman–Crippen LogP) is 3.25. The molecule has 1 aromatic rings. The smallest absolute Gasteiger partial charge is 0.137 e. The molecular formula is C14H24ClN3O. The Morgan fingerprint density at radius 1 is 1.32 bits per heavy atom. The van der Waals surface area contributed by atoms with Crippen molar-refractivity contribution in [1.82, 2.24) is 9.97 Å². The van der Waals surface area contributed by atoms with Crippen LogP contribution in [0.25, 0.3) is 0 Å². The topological polar surface area (TPSA) is 58.0 Å². The average molecular weight is 286 g/mol. The van der Waals surface area contributed by atoms with Crippen LogP contribution in [0.4, 0.5) is 5.82 Å². The standard InChI is InChI=1S/C14H24ClN3O/c1-9(2)10(6-7-19)16-12-8-11(15)17-13(18-12)14(3,4)5/h8-10,19H,6-7H2,1-5H3,(H,16,17,18). The molecular weight excluding hydrogens is 262 g/mol. The maximum Gasteiger partial charge on any atom is 0.137 e. The molecule has 1 aromatic heterocycles. The van der Waals surface area contributed by atoms with Crippen molar-refractivity contribution < 1.29 is 5.11 Å². The van der Waals surface area contributed by atoms with Gasteiger partial charge in [-0.25, -0.2) is 9.97 Å². The molecule has 0 aliphatic heterocycles. The van der Waals surface area contributed by atoms with Crippen LogP contribution in [-0.4, -0.2) is 27.7 Å². The molecule has 0 fully saturated rings. The SMILES string of the molecule is CC(C)C(CCO)Nc1cc(Cl)nc(C(C)(C)C)n1. The third-order valence-corrected chi connectivity index (χ3v) is 3.14. The molecule has 0 radical (unpaired) electrons. The van der Waals surface area contributed by atoms with Gasteiger partial charge in [0, 0.05) is 24.1 Å². The number of aliphatic hydroxyl groups excluding tert-OH is 1. The minimum absolute atomic E-state index is 0.147. The molecule has 19 heavy (non-hydrogen) atoms. The van der Waals surface area contributed by atoms with Crippen molar-refractivity contribution in [2.75, 3.05) is 11.9 Å². The van der Waals surface area contributed by atoms with Crippen molar-refractivity contribution in [1.29, 1.82) is 0 Å². The van der Waals surface area contributed by atoms with Crippen LogP contribution < -0.4 is 5.32 Å². The maximum absolute atomic E-state index is 9.10.